The zero-order valence-corrected chi connectivity index (χ0v) is 22.5. The molecule has 0 radical (unpaired) electrons. The number of fused-ring (bicyclic) bond motifs is 11. The van der Waals surface area contributed by atoms with E-state index in [1.165, 1.54) is 49.2 Å². The first-order valence-corrected chi connectivity index (χ1v) is 14.3. The molecular formula is C38H22N4. The largest absolute Gasteiger partial charge is 0.309 e. The molecule has 4 heterocycles. The van der Waals surface area contributed by atoms with Gasteiger partial charge in [0.1, 0.15) is 5.52 Å². The van der Waals surface area contributed by atoms with Gasteiger partial charge in [-0.1, -0.05) is 97.1 Å². The third-order valence-corrected chi connectivity index (χ3v) is 8.84. The van der Waals surface area contributed by atoms with Crippen LogP contribution in [0.5, 0.6) is 0 Å². The minimum atomic E-state index is 0.907. The number of rotatable bonds is 2. The second-order valence-electron chi connectivity index (χ2n) is 11.0. The standard InChI is InChI=1S/C38H22N4/c1-2-9-23(10-3-1)24-17-19-25(20-18-24)41-32-16-7-4-11-26(32)27-21-22-33-34(37(27)41)28-12-8-13-29-35-38(42(33)36(28)29)40-31-15-6-5-14-30(31)39-35/h1-22H. The van der Waals surface area contributed by atoms with Gasteiger partial charge in [-0.05, 0) is 47.5 Å². The number of benzene rings is 6. The van der Waals surface area contributed by atoms with Gasteiger partial charge in [-0.25, -0.2) is 9.97 Å². The minimum absolute atomic E-state index is 0.907. The summed E-state index contributed by atoms with van der Waals surface area (Å²) < 4.78 is 4.77. The number of aromatic nitrogens is 4. The molecule has 4 heteroatoms. The fraction of sp³-hybridized carbons (Fsp3) is 0. The molecule has 0 amide bonds. The van der Waals surface area contributed by atoms with Crippen molar-refractivity contribution < 1.29 is 0 Å². The van der Waals surface area contributed by atoms with E-state index in [2.05, 4.69) is 118 Å². The van der Waals surface area contributed by atoms with Gasteiger partial charge in [0.05, 0.1) is 33.1 Å². The van der Waals surface area contributed by atoms with Crippen molar-refractivity contribution in [1.29, 1.82) is 0 Å². The van der Waals surface area contributed by atoms with E-state index in [1.54, 1.807) is 0 Å². The van der Waals surface area contributed by atoms with Crippen LogP contribution in [0, 0.1) is 0 Å². The van der Waals surface area contributed by atoms with Crippen LogP contribution in [0.4, 0.5) is 0 Å². The minimum Gasteiger partial charge on any atom is -0.309 e. The molecule has 194 valence electrons. The molecule has 0 N–H and O–H groups in total. The van der Waals surface area contributed by atoms with Crippen molar-refractivity contribution >= 4 is 71.2 Å². The molecule has 0 aliphatic rings. The van der Waals surface area contributed by atoms with Gasteiger partial charge in [-0.15, -0.1) is 0 Å². The first-order chi connectivity index (χ1) is 20.8. The van der Waals surface area contributed by atoms with Crippen LogP contribution in [0.3, 0.4) is 0 Å². The van der Waals surface area contributed by atoms with Crippen LogP contribution in [-0.2, 0) is 0 Å². The smallest absolute Gasteiger partial charge is 0.165 e. The molecule has 6 aromatic carbocycles. The summed E-state index contributed by atoms with van der Waals surface area (Å²) in [6, 6.07) is 47.5. The van der Waals surface area contributed by atoms with Gasteiger partial charge in [0.15, 0.2) is 5.65 Å². The molecule has 0 spiro atoms. The van der Waals surface area contributed by atoms with E-state index in [0.717, 1.165) is 38.8 Å². The summed E-state index contributed by atoms with van der Waals surface area (Å²) in [5, 5.41) is 6.11. The molecule has 10 aromatic rings. The molecular weight excluding hydrogens is 512 g/mol. The Labute approximate surface area is 240 Å². The predicted octanol–water partition coefficient (Wildman–Crippen LogP) is 9.54. The van der Waals surface area contributed by atoms with Crippen molar-refractivity contribution in [1.82, 2.24) is 18.9 Å². The third-order valence-electron chi connectivity index (χ3n) is 8.84. The van der Waals surface area contributed by atoms with E-state index in [-0.39, 0.29) is 0 Å². The first-order valence-electron chi connectivity index (χ1n) is 14.3. The van der Waals surface area contributed by atoms with Crippen LogP contribution >= 0.6 is 0 Å². The Balaban J connectivity index is 1.36. The Morgan fingerprint density at radius 3 is 1.98 bits per heavy atom. The summed E-state index contributed by atoms with van der Waals surface area (Å²) in [6.45, 7) is 0. The van der Waals surface area contributed by atoms with Gasteiger partial charge in [-0.3, -0.25) is 4.40 Å². The Bertz CT molecular complexity index is 2660. The SMILES string of the molecule is c1ccc(-c2ccc(-n3c4ccccc4c4ccc5c(c6cccc7c8nc9ccccc9nc8n5c76)c43)cc2)cc1. The van der Waals surface area contributed by atoms with E-state index < -0.39 is 0 Å². The summed E-state index contributed by atoms with van der Waals surface area (Å²) in [4.78, 5) is 10.2. The van der Waals surface area contributed by atoms with Crippen LogP contribution in [0.15, 0.2) is 133 Å². The maximum atomic E-state index is 5.15. The van der Waals surface area contributed by atoms with Crippen molar-refractivity contribution in [2.24, 2.45) is 0 Å². The lowest BCUT2D eigenvalue weighted by Crippen LogP contribution is -1.94. The highest BCUT2D eigenvalue weighted by Gasteiger charge is 2.23. The average molecular weight is 535 g/mol. The molecule has 0 saturated heterocycles. The Kier molecular flexibility index (Phi) is 4.15. The molecule has 10 rings (SSSR count). The van der Waals surface area contributed by atoms with Gasteiger partial charge in [0, 0.05) is 32.6 Å². The fourth-order valence-electron chi connectivity index (χ4n) is 7.05. The van der Waals surface area contributed by atoms with Crippen LogP contribution in [-0.4, -0.2) is 18.9 Å². The van der Waals surface area contributed by atoms with Gasteiger partial charge < -0.3 is 4.57 Å². The predicted molar refractivity (Wildman–Crippen MR) is 174 cm³/mol. The van der Waals surface area contributed by atoms with Crippen molar-refractivity contribution in [3.05, 3.63) is 133 Å². The molecule has 0 atom stereocenters. The lowest BCUT2D eigenvalue weighted by molar-refractivity contribution is 1.19. The normalized spacial score (nSPS) is 12.3. The Hall–Kier alpha value is -5.74. The zero-order chi connectivity index (χ0) is 27.4. The summed E-state index contributed by atoms with van der Waals surface area (Å²) >= 11 is 0. The van der Waals surface area contributed by atoms with Crippen LogP contribution in [0.2, 0.25) is 0 Å². The van der Waals surface area contributed by atoms with Crippen LogP contribution in [0.1, 0.15) is 0 Å². The Morgan fingerprint density at radius 1 is 0.429 bits per heavy atom. The zero-order valence-electron chi connectivity index (χ0n) is 22.5. The van der Waals surface area contributed by atoms with E-state index >= 15 is 0 Å². The fourth-order valence-corrected chi connectivity index (χ4v) is 7.05. The first kappa shape index (κ1) is 22.0. The molecule has 0 unspecified atom stereocenters. The van der Waals surface area contributed by atoms with E-state index in [4.69, 9.17) is 9.97 Å². The average Bonchev–Trinajstić information content (AvgIpc) is 3.69. The molecule has 0 aliphatic carbocycles. The van der Waals surface area contributed by atoms with E-state index in [9.17, 15) is 0 Å². The van der Waals surface area contributed by atoms with Crippen molar-refractivity contribution in [3.8, 4) is 16.8 Å². The monoisotopic (exact) mass is 534 g/mol. The molecule has 42 heavy (non-hydrogen) atoms. The summed E-state index contributed by atoms with van der Waals surface area (Å²) in [6.07, 6.45) is 0. The lowest BCUT2D eigenvalue weighted by Gasteiger charge is -2.10. The molecule has 0 saturated carbocycles. The summed E-state index contributed by atoms with van der Waals surface area (Å²) in [7, 11) is 0. The van der Waals surface area contributed by atoms with E-state index in [1.807, 2.05) is 24.3 Å². The van der Waals surface area contributed by atoms with Gasteiger partial charge in [0.25, 0.3) is 0 Å². The highest BCUT2D eigenvalue weighted by molar-refractivity contribution is 6.30. The number of nitrogens with zero attached hydrogens (tertiary/aromatic N) is 4. The maximum absolute atomic E-state index is 5.15. The highest BCUT2D eigenvalue weighted by Crippen LogP contribution is 2.44. The van der Waals surface area contributed by atoms with Crippen molar-refractivity contribution in [3.63, 3.8) is 0 Å². The number of hydrogen-bond acceptors (Lipinski definition) is 2. The quantitative estimate of drug-likeness (QED) is 0.221. The van der Waals surface area contributed by atoms with Gasteiger partial charge >= 0.3 is 0 Å². The van der Waals surface area contributed by atoms with E-state index in [0.29, 0.717) is 0 Å². The molecule has 4 nitrogen and oxygen atoms in total. The molecule has 0 bridgehead atoms. The molecule has 4 aromatic heterocycles. The summed E-state index contributed by atoms with van der Waals surface area (Å²) in [5.74, 6) is 0. The second kappa shape index (κ2) is 7.93. The maximum Gasteiger partial charge on any atom is 0.165 e. The third kappa shape index (κ3) is 2.76. The summed E-state index contributed by atoms with van der Waals surface area (Å²) in [5.41, 5.74) is 12.0. The van der Waals surface area contributed by atoms with Crippen LogP contribution < -0.4 is 0 Å². The van der Waals surface area contributed by atoms with Gasteiger partial charge in [-0.2, -0.15) is 0 Å². The molecule has 0 fully saturated rings. The van der Waals surface area contributed by atoms with Crippen LogP contribution in [0.25, 0.3) is 88.0 Å². The van der Waals surface area contributed by atoms with Gasteiger partial charge in [0.2, 0.25) is 0 Å². The van der Waals surface area contributed by atoms with Crippen molar-refractivity contribution in [2.45, 2.75) is 0 Å². The number of para-hydroxylation sites is 4. The second-order valence-corrected chi connectivity index (χ2v) is 11.0. The topological polar surface area (TPSA) is 35.1 Å². The molecule has 0 aliphatic heterocycles. The lowest BCUT2D eigenvalue weighted by atomic mass is 10.1. The Morgan fingerprint density at radius 2 is 1.12 bits per heavy atom. The number of hydrogen-bond donors (Lipinski definition) is 0. The highest BCUT2D eigenvalue weighted by atomic mass is 15.0. The van der Waals surface area contributed by atoms with Crippen molar-refractivity contribution in [2.75, 3.05) is 0 Å².